The second-order valence-electron chi connectivity index (χ2n) is 3.62. The van der Waals surface area contributed by atoms with E-state index in [1.54, 1.807) is 18.2 Å². The van der Waals surface area contributed by atoms with E-state index in [1.807, 2.05) is 6.92 Å². The van der Waals surface area contributed by atoms with Crippen LogP contribution in [0, 0.1) is 6.92 Å². The molecule has 0 bridgehead atoms. The molecule has 0 aliphatic carbocycles. The fraction of sp³-hybridized carbons (Fsp3) is 0.250. The van der Waals surface area contributed by atoms with Gasteiger partial charge in [0.1, 0.15) is 5.76 Å². The zero-order valence-electron chi connectivity index (χ0n) is 9.20. The van der Waals surface area contributed by atoms with Crippen molar-refractivity contribution in [1.29, 1.82) is 0 Å². The Kier molecular flexibility index (Phi) is 3.72. The summed E-state index contributed by atoms with van der Waals surface area (Å²) in [5.41, 5.74) is 1.53. The molecule has 17 heavy (non-hydrogen) atoms. The van der Waals surface area contributed by atoms with E-state index in [2.05, 4.69) is 4.98 Å². The van der Waals surface area contributed by atoms with Crippen LogP contribution in [-0.2, 0) is 6.42 Å². The maximum atomic E-state index is 8.88. The van der Waals surface area contributed by atoms with Crippen molar-refractivity contribution in [3.63, 3.8) is 0 Å². The summed E-state index contributed by atoms with van der Waals surface area (Å²) < 4.78 is 5.52. The zero-order chi connectivity index (χ0) is 12.4. The smallest absolute Gasteiger partial charge is 0.226 e. The van der Waals surface area contributed by atoms with Crippen molar-refractivity contribution in [1.82, 2.24) is 4.98 Å². The number of oxazole rings is 1. The number of halogens is 2. The van der Waals surface area contributed by atoms with Crippen molar-refractivity contribution in [2.45, 2.75) is 13.3 Å². The minimum atomic E-state index is 0.0498. The van der Waals surface area contributed by atoms with Gasteiger partial charge in [0.05, 0.1) is 15.7 Å². The predicted molar refractivity (Wildman–Crippen MR) is 67.5 cm³/mol. The molecule has 0 aliphatic rings. The lowest BCUT2D eigenvalue weighted by Crippen LogP contribution is -1.92. The first-order valence-electron chi connectivity index (χ1n) is 5.14. The Labute approximate surface area is 109 Å². The fourth-order valence-corrected chi connectivity index (χ4v) is 1.82. The highest BCUT2D eigenvalue weighted by Crippen LogP contribution is 2.29. The van der Waals surface area contributed by atoms with Crippen molar-refractivity contribution in [2.24, 2.45) is 0 Å². The molecule has 0 radical (unpaired) electrons. The van der Waals surface area contributed by atoms with Crippen LogP contribution >= 0.6 is 23.2 Å². The van der Waals surface area contributed by atoms with Gasteiger partial charge >= 0.3 is 0 Å². The minimum absolute atomic E-state index is 0.0498. The summed E-state index contributed by atoms with van der Waals surface area (Å²) in [6.45, 7) is 1.87. The lowest BCUT2D eigenvalue weighted by molar-refractivity contribution is 0.297. The van der Waals surface area contributed by atoms with Crippen LogP contribution in [0.25, 0.3) is 11.5 Å². The third kappa shape index (κ3) is 2.63. The lowest BCUT2D eigenvalue weighted by Gasteiger charge is -1.98. The van der Waals surface area contributed by atoms with E-state index in [9.17, 15) is 0 Å². The van der Waals surface area contributed by atoms with Crippen LogP contribution in [-0.4, -0.2) is 16.7 Å². The van der Waals surface area contributed by atoms with Crippen LogP contribution in [0.4, 0.5) is 0 Å². The first-order chi connectivity index (χ1) is 8.11. The zero-order valence-corrected chi connectivity index (χ0v) is 10.7. The van der Waals surface area contributed by atoms with Crippen molar-refractivity contribution in [3.05, 3.63) is 39.7 Å². The summed E-state index contributed by atoms with van der Waals surface area (Å²) >= 11 is 11.8. The van der Waals surface area contributed by atoms with Gasteiger partial charge in [-0.15, -0.1) is 0 Å². The molecule has 0 saturated carbocycles. The molecular formula is C12H11Cl2NO2. The Bertz CT molecular complexity index is 537. The topological polar surface area (TPSA) is 46.3 Å². The molecule has 0 unspecified atom stereocenters. The van der Waals surface area contributed by atoms with E-state index in [4.69, 9.17) is 32.7 Å². The molecular weight excluding hydrogens is 261 g/mol. The number of nitrogens with zero attached hydrogens (tertiary/aromatic N) is 1. The molecule has 1 aromatic heterocycles. The van der Waals surface area contributed by atoms with Gasteiger partial charge in [0.2, 0.25) is 5.89 Å². The maximum Gasteiger partial charge on any atom is 0.226 e. The van der Waals surface area contributed by atoms with Crippen LogP contribution in [0.1, 0.15) is 11.5 Å². The predicted octanol–water partition coefficient (Wildman–Crippen LogP) is 3.49. The highest BCUT2D eigenvalue weighted by Gasteiger charge is 2.11. The molecule has 0 spiro atoms. The van der Waals surface area contributed by atoms with Crippen molar-refractivity contribution < 1.29 is 9.52 Å². The SMILES string of the molecule is Cc1oc(-c2ccc(Cl)c(Cl)c2)nc1CCO. The number of hydrogen-bond donors (Lipinski definition) is 1. The second kappa shape index (κ2) is 5.08. The summed E-state index contributed by atoms with van der Waals surface area (Å²) in [7, 11) is 0. The molecule has 1 heterocycles. The number of aliphatic hydroxyl groups is 1. The Balaban J connectivity index is 2.39. The second-order valence-corrected chi connectivity index (χ2v) is 4.44. The Hall–Kier alpha value is -1.03. The van der Waals surface area contributed by atoms with Crippen molar-refractivity contribution in [2.75, 3.05) is 6.61 Å². The molecule has 0 atom stereocenters. The highest BCUT2D eigenvalue weighted by atomic mass is 35.5. The summed E-state index contributed by atoms with van der Waals surface area (Å²) in [5, 5.41) is 9.84. The molecule has 1 aromatic carbocycles. The van der Waals surface area contributed by atoms with E-state index in [0.717, 1.165) is 11.3 Å². The average Bonchev–Trinajstić information content (AvgIpc) is 2.65. The van der Waals surface area contributed by atoms with Gasteiger partial charge in [0.15, 0.2) is 0 Å². The minimum Gasteiger partial charge on any atom is -0.441 e. The molecule has 0 amide bonds. The molecule has 90 valence electrons. The third-order valence-electron chi connectivity index (χ3n) is 2.41. The molecule has 0 saturated heterocycles. The number of hydrogen-bond acceptors (Lipinski definition) is 3. The van der Waals surface area contributed by atoms with Gasteiger partial charge in [-0.2, -0.15) is 0 Å². The Morgan fingerprint density at radius 3 is 2.71 bits per heavy atom. The number of rotatable bonds is 3. The highest BCUT2D eigenvalue weighted by molar-refractivity contribution is 6.42. The monoisotopic (exact) mass is 271 g/mol. The third-order valence-corrected chi connectivity index (χ3v) is 3.15. The average molecular weight is 272 g/mol. The standard InChI is InChI=1S/C12H11Cl2NO2/c1-7-11(4-5-16)15-12(17-7)8-2-3-9(13)10(14)6-8/h2-3,6,16H,4-5H2,1H3. The van der Waals surface area contributed by atoms with E-state index in [0.29, 0.717) is 28.1 Å². The summed E-state index contributed by atoms with van der Waals surface area (Å²) in [4.78, 5) is 4.31. The van der Waals surface area contributed by atoms with Gasteiger partial charge in [-0.3, -0.25) is 0 Å². The van der Waals surface area contributed by atoms with Gasteiger partial charge < -0.3 is 9.52 Å². The number of aliphatic hydroxyl groups excluding tert-OH is 1. The molecule has 0 fully saturated rings. The van der Waals surface area contributed by atoms with Crippen LogP contribution < -0.4 is 0 Å². The first kappa shape index (κ1) is 12.4. The molecule has 2 aromatic rings. The van der Waals surface area contributed by atoms with Gasteiger partial charge in [0.25, 0.3) is 0 Å². The molecule has 3 nitrogen and oxygen atoms in total. The van der Waals surface area contributed by atoms with Crippen LogP contribution in [0.15, 0.2) is 22.6 Å². The van der Waals surface area contributed by atoms with Gasteiger partial charge in [0, 0.05) is 18.6 Å². The summed E-state index contributed by atoms with van der Waals surface area (Å²) in [6.07, 6.45) is 0.483. The van der Waals surface area contributed by atoms with Crippen LogP contribution in [0.2, 0.25) is 10.0 Å². The molecule has 0 aliphatic heterocycles. The number of aryl methyl sites for hydroxylation is 1. The fourth-order valence-electron chi connectivity index (χ4n) is 1.52. The van der Waals surface area contributed by atoms with Gasteiger partial charge in [-0.25, -0.2) is 4.98 Å². The van der Waals surface area contributed by atoms with Crippen molar-refractivity contribution >= 4 is 23.2 Å². The quantitative estimate of drug-likeness (QED) is 0.930. The van der Waals surface area contributed by atoms with E-state index in [-0.39, 0.29) is 6.61 Å². The molecule has 1 N–H and O–H groups in total. The normalized spacial score (nSPS) is 10.8. The van der Waals surface area contributed by atoms with Crippen LogP contribution in [0.3, 0.4) is 0 Å². The molecule has 2 rings (SSSR count). The number of benzene rings is 1. The summed E-state index contributed by atoms with van der Waals surface area (Å²) in [5.74, 6) is 1.20. The van der Waals surface area contributed by atoms with Gasteiger partial charge in [-0.05, 0) is 25.1 Å². The Morgan fingerprint density at radius 2 is 2.06 bits per heavy atom. The Morgan fingerprint density at radius 1 is 1.29 bits per heavy atom. The van der Waals surface area contributed by atoms with Gasteiger partial charge in [-0.1, -0.05) is 23.2 Å². The lowest BCUT2D eigenvalue weighted by atomic mass is 10.2. The van der Waals surface area contributed by atoms with Crippen molar-refractivity contribution in [3.8, 4) is 11.5 Å². The molecule has 5 heteroatoms. The van der Waals surface area contributed by atoms with E-state index >= 15 is 0 Å². The van der Waals surface area contributed by atoms with Crippen LogP contribution in [0.5, 0.6) is 0 Å². The van der Waals surface area contributed by atoms with E-state index < -0.39 is 0 Å². The largest absolute Gasteiger partial charge is 0.441 e. The summed E-state index contributed by atoms with van der Waals surface area (Å²) in [6, 6.07) is 5.20. The van der Waals surface area contributed by atoms with E-state index in [1.165, 1.54) is 0 Å². The maximum absolute atomic E-state index is 8.88. The number of aromatic nitrogens is 1. The first-order valence-corrected chi connectivity index (χ1v) is 5.90.